The van der Waals surface area contributed by atoms with Gasteiger partial charge in [0, 0.05) is 17.8 Å². The van der Waals surface area contributed by atoms with Gasteiger partial charge in [0.05, 0.1) is 12.6 Å². The Morgan fingerprint density at radius 2 is 2.22 bits per heavy atom. The van der Waals surface area contributed by atoms with E-state index < -0.39 is 11.6 Å². The lowest BCUT2D eigenvalue weighted by Crippen LogP contribution is -2.33. The number of benzene rings is 1. The molecule has 1 aliphatic heterocycles. The maximum atomic E-state index is 13.2. The first-order valence-corrected chi connectivity index (χ1v) is 7.45. The summed E-state index contributed by atoms with van der Waals surface area (Å²) in [6.07, 6.45) is 1.87. The fourth-order valence-corrected chi connectivity index (χ4v) is 2.85. The first-order valence-electron chi connectivity index (χ1n) is 7.45. The molecule has 1 aliphatic rings. The van der Waals surface area contributed by atoms with E-state index in [1.54, 1.807) is 0 Å². The number of carbonyl (C=O) groups is 1. The third kappa shape index (κ3) is 3.56. The molecule has 0 unspecified atom stereocenters. The van der Waals surface area contributed by atoms with Crippen molar-refractivity contribution in [2.75, 3.05) is 18.4 Å². The summed E-state index contributed by atoms with van der Waals surface area (Å²) in [5, 5.41) is 6.60. The Labute approximate surface area is 132 Å². The topological polar surface area (TPSA) is 58.4 Å². The molecule has 7 heteroatoms. The summed E-state index contributed by atoms with van der Waals surface area (Å²) in [6.45, 7) is 2.77. The zero-order valence-corrected chi connectivity index (χ0v) is 12.7. The Balaban J connectivity index is 1.63. The Hall–Kier alpha value is -2.28. The second kappa shape index (κ2) is 6.45. The second-order valence-electron chi connectivity index (χ2n) is 5.67. The van der Waals surface area contributed by atoms with Crippen LogP contribution in [0.1, 0.15) is 30.3 Å². The van der Waals surface area contributed by atoms with Crippen molar-refractivity contribution in [3.05, 3.63) is 47.4 Å². The molecule has 0 radical (unpaired) electrons. The number of rotatable bonds is 4. The molecule has 1 aromatic carbocycles. The maximum Gasteiger partial charge on any atom is 0.238 e. The van der Waals surface area contributed by atoms with Gasteiger partial charge in [0.25, 0.3) is 0 Å². The van der Waals surface area contributed by atoms with Gasteiger partial charge in [-0.1, -0.05) is 5.16 Å². The monoisotopic (exact) mass is 321 g/mol. The molecule has 1 aromatic heterocycles. The molecule has 3 rings (SSSR count). The molecule has 23 heavy (non-hydrogen) atoms. The van der Waals surface area contributed by atoms with Crippen LogP contribution in [-0.2, 0) is 4.79 Å². The quantitative estimate of drug-likeness (QED) is 0.940. The molecule has 1 fully saturated rings. The van der Waals surface area contributed by atoms with Crippen LogP contribution in [0.4, 0.5) is 14.5 Å². The highest BCUT2D eigenvalue weighted by atomic mass is 19.2. The Morgan fingerprint density at radius 3 is 2.91 bits per heavy atom. The maximum absolute atomic E-state index is 13.2. The van der Waals surface area contributed by atoms with Gasteiger partial charge in [-0.15, -0.1) is 0 Å². The highest BCUT2D eigenvalue weighted by molar-refractivity contribution is 5.92. The van der Waals surface area contributed by atoms with Crippen molar-refractivity contribution in [1.29, 1.82) is 0 Å². The zero-order valence-electron chi connectivity index (χ0n) is 12.7. The van der Waals surface area contributed by atoms with Crippen LogP contribution < -0.4 is 5.32 Å². The van der Waals surface area contributed by atoms with Gasteiger partial charge in [0.1, 0.15) is 11.5 Å². The average Bonchev–Trinajstić information content (AvgIpc) is 3.11. The third-order valence-electron chi connectivity index (χ3n) is 3.90. The first kappa shape index (κ1) is 15.6. The van der Waals surface area contributed by atoms with Crippen LogP contribution in [0.5, 0.6) is 0 Å². The molecule has 2 aromatic rings. The first-order chi connectivity index (χ1) is 11.0. The lowest BCUT2D eigenvalue weighted by atomic mass is 10.1. The molecule has 1 N–H and O–H groups in total. The van der Waals surface area contributed by atoms with Crippen LogP contribution in [0.15, 0.2) is 28.8 Å². The predicted molar refractivity (Wildman–Crippen MR) is 79.8 cm³/mol. The van der Waals surface area contributed by atoms with Gasteiger partial charge in [-0.05, 0) is 38.4 Å². The highest BCUT2D eigenvalue weighted by Crippen LogP contribution is 2.31. The van der Waals surface area contributed by atoms with Crippen LogP contribution in [0, 0.1) is 18.6 Å². The fraction of sp³-hybridized carbons (Fsp3) is 0.375. The lowest BCUT2D eigenvalue weighted by molar-refractivity contribution is -0.117. The molecule has 0 bridgehead atoms. The van der Waals surface area contributed by atoms with Crippen molar-refractivity contribution >= 4 is 11.6 Å². The van der Waals surface area contributed by atoms with E-state index in [0.29, 0.717) is 0 Å². The molecule has 122 valence electrons. The van der Waals surface area contributed by atoms with Crippen LogP contribution in [-0.4, -0.2) is 29.1 Å². The van der Waals surface area contributed by atoms with E-state index in [2.05, 4.69) is 10.5 Å². The van der Waals surface area contributed by atoms with E-state index in [-0.39, 0.29) is 24.2 Å². The number of carbonyl (C=O) groups excluding carboxylic acids is 1. The van der Waals surface area contributed by atoms with Gasteiger partial charge in [-0.25, -0.2) is 8.78 Å². The Kier molecular flexibility index (Phi) is 4.38. The van der Waals surface area contributed by atoms with E-state index in [0.717, 1.165) is 43.0 Å². The number of halogens is 2. The van der Waals surface area contributed by atoms with Crippen LogP contribution in [0.2, 0.25) is 0 Å². The van der Waals surface area contributed by atoms with Crippen LogP contribution in [0.3, 0.4) is 0 Å². The number of aryl methyl sites for hydroxylation is 1. The third-order valence-corrected chi connectivity index (χ3v) is 3.90. The second-order valence-corrected chi connectivity index (χ2v) is 5.67. The van der Waals surface area contributed by atoms with E-state index in [1.807, 2.05) is 17.9 Å². The van der Waals surface area contributed by atoms with Gasteiger partial charge >= 0.3 is 0 Å². The number of likely N-dealkylation sites (tertiary alicyclic amines) is 1. The minimum atomic E-state index is -0.986. The van der Waals surface area contributed by atoms with Crippen molar-refractivity contribution in [3.8, 4) is 0 Å². The summed E-state index contributed by atoms with van der Waals surface area (Å²) in [7, 11) is 0. The predicted octanol–water partition coefficient (Wildman–Crippen LogP) is 3.04. The summed E-state index contributed by atoms with van der Waals surface area (Å²) in [5.41, 5.74) is 1.06. The molecule has 1 atom stereocenters. The molecule has 5 nitrogen and oxygen atoms in total. The Bertz CT molecular complexity index is 717. The summed E-state index contributed by atoms with van der Waals surface area (Å²) in [5.74, 6) is -1.47. The van der Waals surface area contributed by atoms with Gasteiger partial charge in [0.15, 0.2) is 11.6 Å². The van der Waals surface area contributed by atoms with Gasteiger partial charge in [-0.3, -0.25) is 9.69 Å². The van der Waals surface area contributed by atoms with E-state index in [9.17, 15) is 13.6 Å². The van der Waals surface area contributed by atoms with Crippen molar-refractivity contribution in [2.45, 2.75) is 25.8 Å². The molecule has 2 heterocycles. The highest BCUT2D eigenvalue weighted by Gasteiger charge is 2.29. The molecule has 0 spiro atoms. The normalized spacial score (nSPS) is 18.3. The molecule has 1 amide bonds. The summed E-state index contributed by atoms with van der Waals surface area (Å²) >= 11 is 0. The van der Waals surface area contributed by atoms with Gasteiger partial charge in [0.2, 0.25) is 5.91 Å². The molecule has 0 saturated carbocycles. The van der Waals surface area contributed by atoms with Crippen molar-refractivity contribution < 1.29 is 18.1 Å². The number of nitrogens with zero attached hydrogens (tertiary/aromatic N) is 2. The van der Waals surface area contributed by atoms with Gasteiger partial charge in [-0.2, -0.15) is 0 Å². The van der Waals surface area contributed by atoms with Crippen molar-refractivity contribution in [3.63, 3.8) is 0 Å². The Morgan fingerprint density at radius 1 is 1.39 bits per heavy atom. The zero-order chi connectivity index (χ0) is 16.4. The SMILES string of the molecule is Cc1cc([C@H]2CCCN2CC(=O)Nc2ccc(F)c(F)c2)no1. The number of hydrogen-bond donors (Lipinski definition) is 1. The average molecular weight is 321 g/mol. The lowest BCUT2D eigenvalue weighted by Gasteiger charge is -2.21. The number of hydrogen-bond acceptors (Lipinski definition) is 4. The number of amides is 1. The van der Waals surface area contributed by atoms with Gasteiger partial charge < -0.3 is 9.84 Å². The van der Waals surface area contributed by atoms with Crippen LogP contribution in [0.25, 0.3) is 0 Å². The molecular weight excluding hydrogens is 304 g/mol. The van der Waals surface area contributed by atoms with E-state index in [1.165, 1.54) is 6.07 Å². The van der Waals surface area contributed by atoms with E-state index in [4.69, 9.17) is 4.52 Å². The number of aromatic nitrogens is 1. The summed E-state index contributed by atoms with van der Waals surface area (Å²) < 4.78 is 31.2. The number of anilines is 1. The summed E-state index contributed by atoms with van der Waals surface area (Å²) in [4.78, 5) is 14.1. The minimum absolute atomic E-state index is 0.0446. The van der Waals surface area contributed by atoms with Crippen molar-refractivity contribution in [2.24, 2.45) is 0 Å². The molecule has 0 aliphatic carbocycles. The molecule has 1 saturated heterocycles. The fourth-order valence-electron chi connectivity index (χ4n) is 2.85. The van der Waals surface area contributed by atoms with E-state index >= 15 is 0 Å². The molecular formula is C16H17F2N3O2. The summed E-state index contributed by atoms with van der Waals surface area (Å²) in [6, 6.07) is 5.20. The standard InChI is InChI=1S/C16H17F2N3O2/c1-10-7-14(20-23-10)15-3-2-6-21(15)9-16(22)19-11-4-5-12(17)13(18)8-11/h4-5,7-8,15H,2-3,6,9H2,1H3,(H,19,22)/t15-/m1/s1. The number of nitrogens with one attached hydrogen (secondary N) is 1. The smallest absolute Gasteiger partial charge is 0.238 e. The van der Waals surface area contributed by atoms with Crippen LogP contribution >= 0.6 is 0 Å². The minimum Gasteiger partial charge on any atom is -0.361 e. The van der Waals surface area contributed by atoms with Crippen molar-refractivity contribution in [1.82, 2.24) is 10.1 Å². The largest absolute Gasteiger partial charge is 0.361 e.